The zero-order valence-corrected chi connectivity index (χ0v) is 16.2. The minimum absolute atomic E-state index is 0.113. The fraction of sp³-hybridized carbons (Fsp3) is 0.389. The summed E-state index contributed by atoms with van der Waals surface area (Å²) in [5.74, 6) is 0.224. The van der Waals surface area contributed by atoms with Crippen molar-refractivity contribution in [2.75, 3.05) is 17.6 Å². The SMILES string of the molecule is CCN(C(=O)CSc1nnc(NCc2ccc(F)cc2)s1)C1=CCCC1. The lowest BCUT2D eigenvalue weighted by molar-refractivity contribution is -0.126. The van der Waals surface area contributed by atoms with E-state index in [0.29, 0.717) is 24.0 Å². The Morgan fingerprint density at radius 2 is 2.15 bits per heavy atom. The number of halogens is 1. The zero-order chi connectivity index (χ0) is 18.4. The Morgan fingerprint density at radius 1 is 1.35 bits per heavy atom. The van der Waals surface area contributed by atoms with E-state index in [9.17, 15) is 9.18 Å². The number of thioether (sulfide) groups is 1. The van der Waals surface area contributed by atoms with Gasteiger partial charge in [-0.25, -0.2) is 4.39 Å². The van der Waals surface area contributed by atoms with E-state index >= 15 is 0 Å². The maximum absolute atomic E-state index is 12.9. The number of nitrogens with zero attached hydrogens (tertiary/aromatic N) is 3. The molecule has 2 aromatic rings. The van der Waals surface area contributed by atoms with E-state index in [-0.39, 0.29) is 11.7 Å². The van der Waals surface area contributed by atoms with Gasteiger partial charge in [-0.1, -0.05) is 41.3 Å². The molecule has 0 atom stereocenters. The lowest BCUT2D eigenvalue weighted by Gasteiger charge is -2.21. The van der Waals surface area contributed by atoms with Crippen LogP contribution in [-0.4, -0.2) is 33.3 Å². The molecule has 0 aliphatic heterocycles. The predicted octanol–water partition coefficient (Wildman–Crippen LogP) is 4.30. The summed E-state index contributed by atoms with van der Waals surface area (Å²) in [6.07, 6.45) is 5.34. The van der Waals surface area contributed by atoms with Crippen LogP contribution in [0.1, 0.15) is 31.7 Å². The summed E-state index contributed by atoms with van der Waals surface area (Å²) in [5, 5.41) is 12.1. The summed E-state index contributed by atoms with van der Waals surface area (Å²) in [7, 11) is 0. The van der Waals surface area contributed by atoms with Crippen LogP contribution in [0.2, 0.25) is 0 Å². The maximum Gasteiger partial charge on any atom is 0.237 e. The van der Waals surface area contributed by atoms with Gasteiger partial charge in [-0.3, -0.25) is 4.79 Å². The molecular weight excluding hydrogens is 371 g/mol. The molecule has 0 radical (unpaired) electrons. The third kappa shape index (κ3) is 5.04. The molecule has 1 N–H and O–H groups in total. The minimum Gasteiger partial charge on any atom is -0.356 e. The van der Waals surface area contributed by atoms with Crippen LogP contribution in [0.15, 0.2) is 40.4 Å². The fourth-order valence-corrected chi connectivity index (χ4v) is 4.38. The molecule has 1 aromatic heterocycles. The monoisotopic (exact) mass is 392 g/mol. The third-order valence-corrected chi connectivity index (χ3v) is 6.06. The van der Waals surface area contributed by atoms with Gasteiger partial charge in [0.15, 0.2) is 4.34 Å². The Labute approximate surface area is 160 Å². The summed E-state index contributed by atoms with van der Waals surface area (Å²) in [5.41, 5.74) is 2.12. The van der Waals surface area contributed by atoms with Crippen molar-refractivity contribution >= 4 is 34.1 Å². The zero-order valence-electron chi connectivity index (χ0n) is 14.6. The topological polar surface area (TPSA) is 58.1 Å². The van der Waals surface area contributed by atoms with E-state index in [1.807, 2.05) is 11.8 Å². The predicted molar refractivity (Wildman–Crippen MR) is 104 cm³/mol. The molecule has 1 aliphatic rings. The van der Waals surface area contributed by atoms with Crippen LogP contribution in [0.4, 0.5) is 9.52 Å². The summed E-state index contributed by atoms with van der Waals surface area (Å²) in [6.45, 7) is 3.26. The van der Waals surface area contributed by atoms with Crippen molar-refractivity contribution in [1.82, 2.24) is 15.1 Å². The second-order valence-electron chi connectivity index (χ2n) is 5.87. The van der Waals surface area contributed by atoms with E-state index in [2.05, 4.69) is 21.6 Å². The highest BCUT2D eigenvalue weighted by Crippen LogP contribution is 2.27. The molecule has 1 aromatic carbocycles. The van der Waals surface area contributed by atoms with Gasteiger partial charge in [-0.05, 0) is 43.9 Å². The number of aromatic nitrogens is 2. The molecule has 1 amide bonds. The van der Waals surface area contributed by atoms with Crippen LogP contribution in [-0.2, 0) is 11.3 Å². The molecule has 0 spiro atoms. The Hall–Kier alpha value is -1.93. The van der Waals surface area contributed by atoms with Crippen molar-refractivity contribution in [3.05, 3.63) is 47.4 Å². The van der Waals surface area contributed by atoms with Crippen LogP contribution >= 0.6 is 23.1 Å². The number of allylic oxidation sites excluding steroid dienone is 2. The average Bonchev–Trinajstić information content (AvgIpc) is 3.32. The number of hydrogen-bond donors (Lipinski definition) is 1. The van der Waals surface area contributed by atoms with Gasteiger partial charge in [-0.15, -0.1) is 10.2 Å². The van der Waals surface area contributed by atoms with Gasteiger partial charge in [0, 0.05) is 18.8 Å². The van der Waals surface area contributed by atoms with Crippen molar-refractivity contribution in [3.8, 4) is 0 Å². The molecule has 0 unspecified atom stereocenters. The van der Waals surface area contributed by atoms with E-state index in [4.69, 9.17) is 0 Å². The molecule has 3 rings (SSSR count). The normalized spacial score (nSPS) is 13.5. The van der Waals surface area contributed by atoms with Gasteiger partial charge >= 0.3 is 0 Å². The average molecular weight is 393 g/mol. The standard InChI is InChI=1S/C18H21FN4OS2/c1-2-23(15-5-3-4-6-15)16(24)12-25-18-22-21-17(26-18)20-11-13-7-9-14(19)10-8-13/h5,7-10H,2-4,6,11-12H2,1H3,(H,20,21). The molecule has 1 aliphatic carbocycles. The van der Waals surface area contributed by atoms with Crippen molar-refractivity contribution in [3.63, 3.8) is 0 Å². The Morgan fingerprint density at radius 3 is 2.85 bits per heavy atom. The quantitative estimate of drug-likeness (QED) is 0.679. The Balaban J connectivity index is 1.48. The van der Waals surface area contributed by atoms with Crippen molar-refractivity contribution in [1.29, 1.82) is 0 Å². The molecule has 26 heavy (non-hydrogen) atoms. The summed E-state index contributed by atoms with van der Waals surface area (Å²) < 4.78 is 13.7. The molecule has 0 saturated heterocycles. The van der Waals surface area contributed by atoms with Gasteiger partial charge in [-0.2, -0.15) is 0 Å². The third-order valence-electron chi connectivity index (χ3n) is 4.06. The first-order chi connectivity index (χ1) is 12.7. The van der Waals surface area contributed by atoms with Gasteiger partial charge in [0.1, 0.15) is 5.82 Å². The highest BCUT2D eigenvalue weighted by molar-refractivity contribution is 8.01. The van der Waals surface area contributed by atoms with Crippen molar-refractivity contribution < 1.29 is 9.18 Å². The first-order valence-corrected chi connectivity index (χ1v) is 10.4. The molecule has 0 fully saturated rings. The molecule has 8 heteroatoms. The number of carbonyl (C=O) groups excluding carboxylic acids is 1. The fourth-order valence-electron chi connectivity index (χ4n) is 2.76. The van der Waals surface area contributed by atoms with Crippen LogP contribution < -0.4 is 5.32 Å². The van der Waals surface area contributed by atoms with Gasteiger partial charge in [0.25, 0.3) is 0 Å². The second-order valence-corrected chi connectivity index (χ2v) is 8.07. The highest BCUT2D eigenvalue weighted by Gasteiger charge is 2.19. The van der Waals surface area contributed by atoms with Crippen molar-refractivity contribution in [2.45, 2.75) is 37.1 Å². The number of carbonyl (C=O) groups is 1. The van der Waals surface area contributed by atoms with Crippen molar-refractivity contribution in [2.24, 2.45) is 0 Å². The molecule has 5 nitrogen and oxygen atoms in total. The minimum atomic E-state index is -0.248. The number of hydrogen-bond acceptors (Lipinski definition) is 6. The van der Waals surface area contributed by atoms with Crippen LogP contribution in [0.5, 0.6) is 0 Å². The highest BCUT2D eigenvalue weighted by atomic mass is 32.2. The first kappa shape index (κ1) is 18.8. The van der Waals surface area contributed by atoms with Crippen LogP contribution in [0.3, 0.4) is 0 Å². The van der Waals surface area contributed by atoms with Crippen LogP contribution in [0.25, 0.3) is 0 Å². The number of anilines is 1. The maximum atomic E-state index is 12.9. The molecule has 1 heterocycles. The van der Waals surface area contributed by atoms with E-state index in [1.165, 1.54) is 35.2 Å². The summed E-state index contributed by atoms with van der Waals surface area (Å²) in [4.78, 5) is 14.3. The number of amides is 1. The number of rotatable bonds is 8. The van der Waals surface area contributed by atoms with E-state index in [0.717, 1.165) is 34.9 Å². The Bertz CT molecular complexity index is 776. The smallest absolute Gasteiger partial charge is 0.237 e. The van der Waals surface area contributed by atoms with Gasteiger partial charge in [0.2, 0.25) is 11.0 Å². The van der Waals surface area contributed by atoms with E-state index < -0.39 is 0 Å². The molecule has 0 bridgehead atoms. The first-order valence-electron chi connectivity index (χ1n) is 8.59. The van der Waals surface area contributed by atoms with Crippen LogP contribution in [0, 0.1) is 5.82 Å². The molecule has 138 valence electrons. The summed E-state index contributed by atoms with van der Waals surface area (Å²) in [6, 6.07) is 6.33. The number of nitrogens with one attached hydrogen (secondary N) is 1. The van der Waals surface area contributed by atoms with Gasteiger partial charge in [0.05, 0.1) is 5.75 Å². The molecule has 0 saturated carbocycles. The lowest BCUT2D eigenvalue weighted by atomic mass is 10.2. The van der Waals surface area contributed by atoms with E-state index in [1.54, 1.807) is 12.1 Å². The largest absolute Gasteiger partial charge is 0.356 e. The number of benzene rings is 1. The second kappa shape index (κ2) is 9.14. The molecular formula is C18H21FN4OS2. The summed E-state index contributed by atoms with van der Waals surface area (Å²) >= 11 is 2.83. The Kier molecular flexibility index (Phi) is 6.62. The lowest BCUT2D eigenvalue weighted by Crippen LogP contribution is -2.31. The van der Waals surface area contributed by atoms with Gasteiger partial charge < -0.3 is 10.2 Å².